The Labute approximate surface area is 220 Å². The Balaban J connectivity index is 1.60. The molecule has 4 heteroatoms. The van der Waals surface area contributed by atoms with Crippen molar-refractivity contribution in [1.29, 1.82) is 0 Å². The normalized spacial score (nSPS) is 43.2. The lowest BCUT2D eigenvalue weighted by molar-refractivity contribution is -0.143. The number of ether oxygens (including phenoxy) is 1. The lowest BCUT2D eigenvalue weighted by Gasteiger charge is -2.63. The van der Waals surface area contributed by atoms with E-state index in [1.807, 2.05) is 6.92 Å². The Hall–Kier alpha value is -1.13. The minimum Gasteiger partial charge on any atom is -0.469 e. The van der Waals surface area contributed by atoms with Crippen molar-refractivity contribution in [3.05, 3.63) is 23.3 Å². The zero-order valence-electron chi connectivity index (χ0n) is 24.2. The number of esters is 1. The summed E-state index contributed by atoms with van der Waals surface area (Å²) < 4.78 is 4.92. The maximum atomic E-state index is 12.0. The molecular weight excluding hydrogens is 448 g/mol. The van der Waals surface area contributed by atoms with Gasteiger partial charge in [-0.1, -0.05) is 64.8 Å². The largest absolute Gasteiger partial charge is 0.469 e. The summed E-state index contributed by atoms with van der Waals surface area (Å²) in [7, 11) is 1.44. The monoisotopic (exact) mass is 500 g/mol. The number of allylic oxidation sites excluding steroid dienone is 1. The molecule has 4 aliphatic carbocycles. The van der Waals surface area contributed by atoms with Crippen molar-refractivity contribution in [2.24, 2.45) is 45.3 Å². The predicted molar refractivity (Wildman–Crippen MR) is 145 cm³/mol. The third-order valence-corrected chi connectivity index (χ3v) is 12.6. The summed E-state index contributed by atoms with van der Waals surface area (Å²) >= 11 is 0. The van der Waals surface area contributed by atoms with Crippen molar-refractivity contribution in [2.45, 2.75) is 118 Å². The number of carbonyl (C=O) groups is 1. The molecule has 204 valence electrons. The zero-order valence-corrected chi connectivity index (χ0v) is 24.2. The van der Waals surface area contributed by atoms with Gasteiger partial charge in [-0.15, -0.1) is 0 Å². The Morgan fingerprint density at radius 3 is 2.33 bits per heavy atom. The highest BCUT2D eigenvalue weighted by molar-refractivity contribution is 5.74. The van der Waals surface area contributed by atoms with Crippen LogP contribution in [0.15, 0.2) is 23.3 Å². The van der Waals surface area contributed by atoms with Crippen LogP contribution in [-0.2, 0) is 9.53 Å². The molecule has 0 aromatic heterocycles. The molecule has 0 aromatic carbocycles. The fraction of sp³-hybridized carbons (Fsp3) is 0.844. The van der Waals surface area contributed by atoms with Crippen molar-refractivity contribution in [2.75, 3.05) is 7.11 Å². The summed E-state index contributed by atoms with van der Waals surface area (Å²) in [6.45, 7) is 20.2. The molecule has 0 amide bonds. The molecular formula is C32H52O4. The van der Waals surface area contributed by atoms with Crippen molar-refractivity contribution in [3.63, 3.8) is 0 Å². The molecule has 0 heterocycles. The molecule has 4 aliphatic rings. The van der Waals surface area contributed by atoms with Gasteiger partial charge in [0.1, 0.15) is 0 Å². The first-order valence-electron chi connectivity index (χ1n) is 14.5. The SMILES string of the molecule is C=C(CCC(C)C1CCC2(C)C3=C(CC(O)C12C)C1(C)CCC(O)C(C)(C)C1CC3)C(C)C(=O)OC. The van der Waals surface area contributed by atoms with Gasteiger partial charge in [0.05, 0.1) is 25.2 Å². The molecule has 2 saturated carbocycles. The molecule has 0 aromatic rings. The minimum absolute atomic E-state index is 0.0173. The van der Waals surface area contributed by atoms with Crippen molar-refractivity contribution < 1.29 is 19.7 Å². The first-order chi connectivity index (χ1) is 16.7. The summed E-state index contributed by atoms with van der Waals surface area (Å²) in [5.41, 5.74) is 4.00. The van der Waals surface area contributed by atoms with Crippen LogP contribution >= 0.6 is 0 Å². The fourth-order valence-corrected chi connectivity index (χ4v) is 9.81. The van der Waals surface area contributed by atoms with Crippen molar-refractivity contribution in [1.82, 2.24) is 0 Å². The second-order valence-corrected chi connectivity index (χ2v) is 14.2. The standard InChI is InChI=1S/C32H52O4/c1-19(21(3)28(35)36-9)10-11-20(2)22-14-17-31(7)23-12-13-25-29(4,5)26(33)15-16-30(25,6)24(23)18-27(34)32(22,31)8/h20-22,25-27,33-34H,1,10-18H2,2-9H3. The zero-order chi connectivity index (χ0) is 26.8. The third-order valence-electron chi connectivity index (χ3n) is 12.6. The molecule has 9 unspecified atom stereocenters. The second kappa shape index (κ2) is 9.26. The van der Waals surface area contributed by atoms with Crippen LogP contribution in [-0.4, -0.2) is 35.5 Å². The van der Waals surface area contributed by atoms with Crippen LogP contribution in [0.3, 0.4) is 0 Å². The van der Waals surface area contributed by atoms with E-state index >= 15 is 0 Å². The number of fused-ring (bicyclic) bond motifs is 4. The Morgan fingerprint density at radius 2 is 1.69 bits per heavy atom. The highest BCUT2D eigenvalue weighted by atomic mass is 16.5. The molecule has 4 rings (SSSR count). The molecule has 9 atom stereocenters. The van der Waals surface area contributed by atoms with Gasteiger partial charge >= 0.3 is 5.97 Å². The minimum atomic E-state index is -0.348. The van der Waals surface area contributed by atoms with E-state index in [1.54, 1.807) is 11.1 Å². The first kappa shape index (κ1) is 27.9. The summed E-state index contributed by atoms with van der Waals surface area (Å²) in [6, 6.07) is 0. The van der Waals surface area contributed by atoms with E-state index in [4.69, 9.17) is 4.74 Å². The molecule has 2 fully saturated rings. The number of hydrogen-bond acceptors (Lipinski definition) is 4. The summed E-state index contributed by atoms with van der Waals surface area (Å²) in [6.07, 6.45) is 8.44. The lowest BCUT2D eigenvalue weighted by atomic mass is 9.42. The van der Waals surface area contributed by atoms with Gasteiger partial charge in [-0.2, -0.15) is 0 Å². The van der Waals surface area contributed by atoms with Crippen molar-refractivity contribution >= 4 is 5.97 Å². The summed E-state index contributed by atoms with van der Waals surface area (Å²) in [4.78, 5) is 12.0. The van der Waals surface area contributed by atoms with Gasteiger partial charge in [-0.25, -0.2) is 0 Å². The highest BCUT2D eigenvalue weighted by Gasteiger charge is 2.66. The second-order valence-electron chi connectivity index (χ2n) is 14.2. The van der Waals surface area contributed by atoms with Crippen LogP contribution < -0.4 is 0 Å². The third kappa shape index (κ3) is 3.79. The average Bonchev–Trinajstić information content (AvgIpc) is 3.12. The Morgan fingerprint density at radius 1 is 1.03 bits per heavy atom. The molecule has 0 bridgehead atoms. The van der Waals surface area contributed by atoms with Crippen LogP contribution in [0.2, 0.25) is 0 Å². The highest BCUT2D eigenvalue weighted by Crippen LogP contribution is 2.72. The number of hydrogen-bond donors (Lipinski definition) is 2. The van der Waals surface area contributed by atoms with E-state index in [-0.39, 0.29) is 45.8 Å². The summed E-state index contributed by atoms with van der Waals surface area (Å²) in [5.74, 6) is 0.881. The fourth-order valence-electron chi connectivity index (χ4n) is 9.81. The molecule has 4 nitrogen and oxygen atoms in total. The number of methoxy groups -OCH3 is 1. The smallest absolute Gasteiger partial charge is 0.312 e. The molecule has 0 radical (unpaired) electrons. The van der Waals surface area contributed by atoms with E-state index in [2.05, 4.69) is 48.1 Å². The molecule has 2 N–H and O–H groups in total. The Bertz CT molecular complexity index is 932. The van der Waals surface area contributed by atoms with E-state index in [0.29, 0.717) is 17.8 Å². The topological polar surface area (TPSA) is 66.8 Å². The Kier molecular flexibility index (Phi) is 7.17. The van der Waals surface area contributed by atoms with Crippen LogP contribution in [0, 0.1) is 45.3 Å². The molecule has 0 saturated heterocycles. The van der Waals surface area contributed by atoms with Gasteiger partial charge in [0, 0.05) is 5.41 Å². The van der Waals surface area contributed by atoms with Crippen LogP contribution in [0.1, 0.15) is 106 Å². The van der Waals surface area contributed by atoms with Crippen LogP contribution in [0.5, 0.6) is 0 Å². The number of rotatable bonds is 6. The quantitative estimate of drug-likeness (QED) is 0.309. The molecule has 36 heavy (non-hydrogen) atoms. The van der Waals surface area contributed by atoms with Gasteiger partial charge in [-0.05, 0) is 98.7 Å². The van der Waals surface area contributed by atoms with Gasteiger partial charge in [0.25, 0.3) is 0 Å². The molecule has 0 spiro atoms. The predicted octanol–water partition coefficient (Wildman–Crippen LogP) is 6.85. The van der Waals surface area contributed by atoms with Crippen LogP contribution in [0.25, 0.3) is 0 Å². The van der Waals surface area contributed by atoms with Gasteiger partial charge in [0.2, 0.25) is 0 Å². The van der Waals surface area contributed by atoms with Crippen LogP contribution in [0.4, 0.5) is 0 Å². The lowest BCUT2D eigenvalue weighted by Crippen LogP contribution is -2.58. The maximum Gasteiger partial charge on any atom is 0.312 e. The van der Waals surface area contributed by atoms with E-state index in [0.717, 1.165) is 63.4 Å². The van der Waals surface area contributed by atoms with E-state index in [9.17, 15) is 15.0 Å². The van der Waals surface area contributed by atoms with E-state index in [1.165, 1.54) is 7.11 Å². The maximum absolute atomic E-state index is 12.0. The average molecular weight is 501 g/mol. The van der Waals surface area contributed by atoms with Gasteiger partial charge in [-0.3, -0.25) is 4.79 Å². The van der Waals surface area contributed by atoms with Gasteiger partial charge < -0.3 is 14.9 Å². The summed E-state index contributed by atoms with van der Waals surface area (Å²) in [5, 5.41) is 22.8. The van der Waals surface area contributed by atoms with E-state index < -0.39 is 0 Å². The number of aliphatic hydroxyl groups is 2. The number of aliphatic hydroxyl groups excluding tert-OH is 2. The molecule has 0 aliphatic heterocycles. The van der Waals surface area contributed by atoms with Gasteiger partial charge in [0.15, 0.2) is 0 Å². The van der Waals surface area contributed by atoms with Crippen molar-refractivity contribution in [3.8, 4) is 0 Å². The number of carbonyl (C=O) groups excluding carboxylic acids is 1. The first-order valence-corrected chi connectivity index (χ1v) is 14.5.